The van der Waals surface area contributed by atoms with Crippen molar-refractivity contribution in [3.05, 3.63) is 23.8 Å². The van der Waals surface area contributed by atoms with Gasteiger partial charge < -0.3 is 21.2 Å². The van der Waals surface area contributed by atoms with Gasteiger partial charge in [0.2, 0.25) is 5.95 Å². The molecule has 1 aliphatic rings. The van der Waals surface area contributed by atoms with E-state index in [0.717, 1.165) is 24.2 Å². The smallest absolute Gasteiger partial charge is 0.237 e. The van der Waals surface area contributed by atoms with Crippen molar-refractivity contribution in [3.8, 4) is 0 Å². The molecule has 1 unspecified atom stereocenters. The Morgan fingerprint density at radius 2 is 2.30 bits per heavy atom. The number of anilines is 1. The fourth-order valence-electron chi connectivity index (χ4n) is 3.30. The fourth-order valence-corrected chi connectivity index (χ4v) is 3.30. The average molecular weight is 316 g/mol. The molecule has 0 saturated carbocycles. The van der Waals surface area contributed by atoms with Gasteiger partial charge in [0.05, 0.1) is 5.52 Å². The lowest BCUT2D eigenvalue weighted by molar-refractivity contribution is 0.178. The van der Waals surface area contributed by atoms with Crippen molar-refractivity contribution >= 4 is 22.8 Å². The summed E-state index contributed by atoms with van der Waals surface area (Å²) in [7, 11) is 2.17. The van der Waals surface area contributed by atoms with Crippen LogP contribution in [-0.2, 0) is 0 Å². The van der Waals surface area contributed by atoms with Crippen molar-refractivity contribution in [2.24, 2.45) is 5.73 Å². The van der Waals surface area contributed by atoms with E-state index in [1.165, 1.54) is 19.3 Å². The minimum atomic E-state index is -0.0822. The summed E-state index contributed by atoms with van der Waals surface area (Å²) in [6.45, 7) is 1.90. The van der Waals surface area contributed by atoms with Gasteiger partial charge in [0.25, 0.3) is 0 Å². The van der Waals surface area contributed by atoms with Gasteiger partial charge in [-0.15, -0.1) is 4.73 Å². The van der Waals surface area contributed by atoms with Gasteiger partial charge in [-0.3, -0.25) is 5.41 Å². The predicted molar refractivity (Wildman–Crippen MR) is 91.3 cm³/mol. The topological polar surface area (TPSA) is 103 Å². The zero-order valence-electron chi connectivity index (χ0n) is 13.4. The number of imidazole rings is 1. The van der Waals surface area contributed by atoms with E-state index in [-0.39, 0.29) is 5.84 Å². The predicted octanol–water partition coefficient (Wildman–Crippen LogP) is 1.84. The Morgan fingerprint density at radius 1 is 1.48 bits per heavy atom. The van der Waals surface area contributed by atoms with Crippen LogP contribution in [-0.4, -0.2) is 51.8 Å². The standard InChI is InChI=1S/C16H24N6O/c1-21-10-3-2-5-11(21)8-9-19-16-20-13-7-4-6-12(15(17)18)14(13)22(16)23/h4,6-7,11,23H,2-3,5,8-10H2,1H3,(H3,17,18)(H,19,20). The molecule has 124 valence electrons. The molecule has 5 N–H and O–H groups in total. The normalized spacial score (nSPS) is 19.1. The van der Waals surface area contributed by atoms with Crippen molar-refractivity contribution in [2.45, 2.75) is 31.7 Å². The molecular formula is C16H24N6O. The van der Waals surface area contributed by atoms with E-state index in [0.29, 0.717) is 28.6 Å². The number of rotatable bonds is 5. The van der Waals surface area contributed by atoms with Gasteiger partial charge in [0.15, 0.2) is 0 Å². The molecule has 0 bridgehead atoms. The van der Waals surface area contributed by atoms with Crippen molar-refractivity contribution in [2.75, 3.05) is 25.5 Å². The zero-order chi connectivity index (χ0) is 16.4. The molecular weight excluding hydrogens is 292 g/mol. The van der Waals surface area contributed by atoms with Crippen LogP contribution in [0.4, 0.5) is 5.95 Å². The van der Waals surface area contributed by atoms with Gasteiger partial charge in [-0.25, -0.2) is 4.98 Å². The van der Waals surface area contributed by atoms with Gasteiger partial charge >= 0.3 is 0 Å². The van der Waals surface area contributed by atoms with Gasteiger partial charge in [0, 0.05) is 18.2 Å². The number of aromatic nitrogens is 2. The Kier molecular flexibility index (Phi) is 4.38. The maximum atomic E-state index is 10.3. The Bertz CT molecular complexity index is 710. The molecule has 0 aliphatic carbocycles. The number of nitrogens with two attached hydrogens (primary N) is 1. The third-order valence-corrected chi connectivity index (χ3v) is 4.63. The van der Waals surface area contributed by atoms with Crippen molar-refractivity contribution in [1.82, 2.24) is 14.6 Å². The number of nitrogens with zero attached hydrogens (tertiary/aromatic N) is 3. The maximum Gasteiger partial charge on any atom is 0.237 e. The second kappa shape index (κ2) is 6.45. The number of nitrogen functional groups attached to an aromatic ring is 1. The second-order valence-electron chi connectivity index (χ2n) is 6.18. The number of piperidine rings is 1. The highest BCUT2D eigenvalue weighted by atomic mass is 16.5. The summed E-state index contributed by atoms with van der Waals surface area (Å²) in [5.74, 6) is 0.313. The number of nitrogens with one attached hydrogen (secondary N) is 2. The maximum absolute atomic E-state index is 10.3. The molecule has 1 fully saturated rings. The van der Waals surface area contributed by atoms with Gasteiger partial charge in [-0.2, -0.15) is 0 Å². The third-order valence-electron chi connectivity index (χ3n) is 4.63. The molecule has 0 amide bonds. The van der Waals surface area contributed by atoms with E-state index < -0.39 is 0 Å². The molecule has 2 heterocycles. The molecule has 3 rings (SSSR count). The second-order valence-corrected chi connectivity index (χ2v) is 6.18. The Hall–Kier alpha value is -2.28. The van der Waals surface area contributed by atoms with E-state index in [4.69, 9.17) is 11.1 Å². The number of amidine groups is 1. The summed E-state index contributed by atoms with van der Waals surface area (Å²) in [4.78, 5) is 6.80. The molecule has 1 aromatic carbocycles. The number of benzene rings is 1. The van der Waals surface area contributed by atoms with Crippen LogP contribution in [0.3, 0.4) is 0 Å². The van der Waals surface area contributed by atoms with Crippen molar-refractivity contribution in [1.29, 1.82) is 5.41 Å². The molecule has 23 heavy (non-hydrogen) atoms. The number of hydrogen-bond acceptors (Lipinski definition) is 5. The van der Waals surface area contributed by atoms with E-state index >= 15 is 0 Å². The van der Waals surface area contributed by atoms with Crippen LogP contribution >= 0.6 is 0 Å². The third kappa shape index (κ3) is 3.10. The quantitative estimate of drug-likeness (QED) is 0.383. The first-order chi connectivity index (χ1) is 11.1. The Balaban J connectivity index is 1.72. The summed E-state index contributed by atoms with van der Waals surface area (Å²) in [5, 5.41) is 21.2. The molecule has 0 spiro atoms. The van der Waals surface area contributed by atoms with Crippen LogP contribution in [0.2, 0.25) is 0 Å². The van der Waals surface area contributed by atoms with Crippen LogP contribution in [0.1, 0.15) is 31.2 Å². The fraction of sp³-hybridized carbons (Fsp3) is 0.500. The van der Waals surface area contributed by atoms with E-state index in [1.54, 1.807) is 18.2 Å². The molecule has 7 nitrogen and oxygen atoms in total. The minimum absolute atomic E-state index is 0.0822. The van der Waals surface area contributed by atoms with Crippen LogP contribution in [0.5, 0.6) is 0 Å². The Morgan fingerprint density at radius 3 is 3.04 bits per heavy atom. The van der Waals surface area contributed by atoms with Crippen LogP contribution in [0.25, 0.3) is 11.0 Å². The molecule has 1 aliphatic heterocycles. The largest absolute Gasteiger partial charge is 0.425 e. The first-order valence-corrected chi connectivity index (χ1v) is 8.07. The summed E-state index contributed by atoms with van der Waals surface area (Å²) in [6.07, 6.45) is 4.80. The summed E-state index contributed by atoms with van der Waals surface area (Å²) < 4.78 is 0.997. The molecule has 7 heteroatoms. The van der Waals surface area contributed by atoms with Gasteiger partial charge in [-0.05, 0) is 45.0 Å². The highest BCUT2D eigenvalue weighted by molar-refractivity contribution is 6.06. The van der Waals surface area contributed by atoms with Crippen LogP contribution < -0.4 is 11.1 Å². The lowest BCUT2D eigenvalue weighted by atomic mass is 10.0. The van der Waals surface area contributed by atoms with E-state index in [9.17, 15) is 5.21 Å². The zero-order valence-corrected chi connectivity index (χ0v) is 13.4. The molecule has 1 aromatic heterocycles. The summed E-state index contributed by atoms with van der Waals surface area (Å²) in [5.41, 5.74) is 7.15. The molecule has 1 saturated heterocycles. The SMILES string of the molecule is CN1CCCCC1CCNc1nc2cccc(C(=N)N)c2n1O. The lowest BCUT2D eigenvalue weighted by Gasteiger charge is -2.32. The monoisotopic (exact) mass is 316 g/mol. The van der Waals surface area contributed by atoms with E-state index in [1.807, 2.05) is 0 Å². The molecule has 1 atom stereocenters. The van der Waals surface area contributed by atoms with Crippen molar-refractivity contribution in [3.63, 3.8) is 0 Å². The minimum Gasteiger partial charge on any atom is -0.425 e. The average Bonchev–Trinajstić information content (AvgIpc) is 2.86. The lowest BCUT2D eigenvalue weighted by Crippen LogP contribution is -2.37. The Labute approximate surface area is 135 Å². The first-order valence-electron chi connectivity index (χ1n) is 8.07. The number of hydrogen-bond donors (Lipinski definition) is 4. The molecule has 2 aromatic rings. The van der Waals surface area contributed by atoms with Gasteiger partial charge in [0.1, 0.15) is 11.4 Å². The highest BCUT2D eigenvalue weighted by Crippen LogP contribution is 2.22. The van der Waals surface area contributed by atoms with Gasteiger partial charge in [-0.1, -0.05) is 12.5 Å². The molecule has 0 radical (unpaired) electrons. The number of para-hydroxylation sites is 1. The van der Waals surface area contributed by atoms with E-state index in [2.05, 4.69) is 22.2 Å². The van der Waals surface area contributed by atoms with Crippen LogP contribution in [0, 0.1) is 5.41 Å². The first kappa shape index (κ1) is 15.6. The summed E-state index contributed by atoms with van der Waals surface area (Å²) >= 11 is 0. The number of fused-ring (bicyclic) bond motifs is 1. The number of likely N-dealkylation sites (tertiary alicyclic amines) is 1. The summed E-state index contributed by atoms with van der Waals surface area (Å²) in [6, 6.07) is 5.88. The van der Waals surface area contributed by atoms with Crippen molar-refractivity contribution < 1.29 is 5.21 Å². The van der Waals surface area contributed by atoms with Crippen LogP contribution in [0.15, 0.2) is 18.2 Å². The highest BCUT2D eigenvalue weighted by Gasteiger charge is 2.19.